The number of carbonyl (C=O) groups excluding carboxylic acids is 1. The number of halogens is 4. The molecule has 1 amide bonds. The SMILES string of the molecule is O=C(NCC1(c2ccc(Br)cc2)CCOCC1)c1cc(F)c(F)c(F)c1. The van der Waals surface area contributed by atoms with Gasteiger partial charge in [0.2, 0.25) is 0 Å². The highest BCUT2D eigenvalue weighted by atomic mass is 79.9. The lowest BCUT2D eigenvalue weighted by Crippen LogP contribution is -2.44. The van der Waals surface area contributed by atoms with Gasteiger partial charge in [-0.2, -0.15) is 0 Å². The summed E-state index contributed by atoms with van der Waals surface area (Å²) >= 11 is 3.40. The number of ether oxygens (including phenoxy) is 1. The predicted octanol–water partition coefficient (Wildman–Crippen LogP) is 4.34. The van der Waals surface area contributed by atoms with Crippen molar-refractivity contribution < 1.29 is 22.7 Å². The van der Waals surface area contributed by atoms with Crippen LogP contribution >= 0.6 is 15.9 Å². The summed E-state index contributed by atoms with van der Waals surface area (Å²) in [5.41, 5.74) is 0.478. The van der Waals surface area contributed by atoms with E-state index in [1.54, 1.807) is 0 Å². The number of nitrogens with one attached hydrogen (secondary N) is 1. The third kappa shape index (κ3) is 3.94. The molecule has 1 N–H and O–H groups in total. The molecular weight excluding hydrogens is 411 g/mol. The Bertz CT molecular complexity index is 782. The zero-order valence-corrected chi connectivity index (χ0v) is 15.4. The molecule has 0 unspecified atom stereocenters. The highest BCUT2D eigenvalue weighted by molar-refractivity contribution is 9.10. The molecule has 0 bridgehead atoms. The largest absolute Gasteiger partial charge is 0.381 e. The molecule has 3 nitrogen and oxygen atoms in total. The quantitative estimate of drug-likeness (QED) is 0.736. The molecule has 0 aromatic heterocycles. The number of carbonyl (C=O) groups is 1. The molecule has 138 valence electrons. The average molecular weight is 428 g/mol. The van der Waals surface area contributed by atoms with Crippen molar-refractivity contribution in [2.75, 3.05) is 19.8 Å². The Kier molecular flexibility index (Phi) is 5.67. The zero-order valence-electron chi connectivity index (χ0n) is 13.8. The second-order valence-corrected chi connectivity index (χ2v) is 7.25. The van der Waals surface area contributed by atoms with Gasteiger partial charge in [0.05, 0.1) is 0 Å². The molecule has 7 heteroatoms. The second kappa shape index (κ2) is 7.80. The van der Waals surface area contributed by atoms with E-state index in [2.05, 4.69) is 21.2 Å². The van der Waals surface area contributed by atoms with Crippen LogP contribution in [-0.4, -0.2) is 25.7 Å². The summed E-state index contributed by atoms with van der Waals surface area (Å²) in [4.78, 5) is 12.3. The molecule has 1 heterocycles. The normalized spacial score (nSPS) is 16.3. The van der Waals surface area contributed by atoms with Gasteiger partial charge in [-0.1, -0.05) is 28.1 Å². The van der Waals surface area contributed by atoms with Gasteiger partial charge in [-0.3, -0.25) is 4.79 Å². The van der Waals surface area contributed by atoms with Crippen molar-refractivity contribution in [1.29, 1.82) is 0 Å². The molecule has 0 spiro atoms. The van der Waals surface area contributed by atoms with Gasteiger partial charge in [0, 0.05) is 35.2 Å². The summed E-state index contributed by atoms with van der Waals surface area (Å²) in [7, 11) is 0. The molecule has 0 aliphatic carbocycles. The first-order valence-electron chi connectivity index (χ1n) is 8.18. The number of rotatable bonds is 4. The highest BCUT2D eigenvalue weighted by Gasteiger charge is 2.35. The van der Waals surface area contributed by atoms with E-state index in [0.29, 0.717) is 38.2 Å². The van der Waals surface area contributed by atoms with Gasteiger partial charge in [-0.05, 0) is 42.7 Å². The minimum Gasteiger partial charge on any atom is -0.381 e. The number of hydrogen-bond acceptors (Lipinski definition) is 2. The first kappa shape index (κ1) is 18.9. The molecule has 0 radical (unpaired) electrons. The molecule has 26 heavy (non-hydrogen) atoms. The van der Waals surface area contributed by atoms with Crippen LogP contribution in [0.5, 0.6) is 0 Å². The molecule has 1 fully saturated rings. The number of hydrogen-bond donors (Lipinski definition) is 1. The van der Waals surface area contributed by atoms with E-state index in [4.69, 9.17) is 4.74 Å². The van der Waals surface area contributed by atoms with Crippen molar-refractivity contribution in [3.05, 3.63) is 69.4 Å². The summed E-state index contributed by atoms with van der Waals surface area (Å²) in [6, 6.07) is 9.23. The van der Waals surface area contributed by atoms with Gasteiger partial charge < -0.3 is 10.1 Å². The number of benzene rings is 2. The molecule has 0 saturated carbocycles. The van der Waals surface area contributed by atoms with E-state index >= 15 is 0 Å². The van der Waals surface area contributed by atoms with Crippen molar-refractivity contribution in [1.82, 2.24) is 5.32 Å². The van der Waals surface area contributed by atoms with Crippen molar-refractivity contribution >= 4 is 21.8 Å². The Morgan fingerprint density at radius 2 is 1.65 bits per heavy atom. The van der Waals surface area contributed by atoms with E-state index in [1.165, 1.54) is 0 Å². The van der Waals surface area contributed by atoms with Crippen LogP contribution < -0.4 is 5.32 Å². The lowest BCUT2D eigenvalue weighted by Gasteiger charge is -2.38. The summed E-state index contributed by atoms with van der Waals surface area (Å²) in [5, 5.41) is 2.73. The maximum absolute atomic E-state index is 13.4. The van der Waals surface area contributed by atoms with E-state index in [9.17, 15) is 18.0 Å². The van der Waals surface area contributed by atoms with Gasteiger partial charge in [-0.15, -0.1) is 0 Å². The van der Waals surface area contributed by atoms with Crippen molar-refractivity contribution in [3.63, 3.8) is 0 Å². The van der Waals surface area contributed by atoms with Crippen molar-refractivity contribution in [3.8, 4) is 0 Å². The van der Waals surface area contributed by atoms with Crippen LogP contribution in [0.4, 0.5) is 13.2 Å². The van der Waals surface area contributed by atoms with Crippen molar-refractivity contribution in [2.24, 2.45) is 0 Å². The van der Waals surface area contributed by atoms with Crippen LogP contribution in [0.1, 0.15) is 28.8 Å². The fourth-order valence-corrected chi connectivity index (χ4v) is 3.44. The van der Waals surface area contributed by atoms with E-state index < -0.39 is 23.4 Å². The fourth-order valence-electron chi connectivity index (χ4n) is 3.17. The summed E-state index contributed by atoms with van der Waals surface area (Å²) in [5.74, 6) is -5.00. The second-order valence-electron chi connectivity index (χ2n) is 6.34. The standard InChI is InChI=1S/C19H17BrF3NO2/c20-14-3-1-13(2-4-14)19(5-7-26-8-6-19)11-24-18(25)12-9-15(21)17(23)16(22)10-12/h1-4,9-10H,5-8,11H2,(H,24,25). The number of amides is 1. The Balaban J connectivity index is 1.80. The molecule has 2 aromatic carbocycles. The van der Waals surface area contributed by atoms with E-state index in [1.807, 2.05) is 24.3 Å². The van der Waals surface area contributed by atoms with Crippen LogP contribution in [0.2, 0.25) is 0 Å². The topological polar surface area (TPSA) is 38.3 Å². The summed E-state index contributed by atoms with van der Waals surface area (Å²) in [6.45, 7) is 1.41. The smallest absolute Gasteiger partial charge is 0.251 e. The summed E-state index contributed by atoms with van der Waals surface area (Å²) < 4.78 is 46.2. The molecular formula is C19H17BrF3NO2. The Labute approximate surface area is 157 Å². The third-order valence-electron chi connectivity index (χ3n) is 4.74. The minimum atomic E-state index is -1.59. The average Bonchev–Trinajstić information content (AvgIpc) is 2.65. The van der Waals surface area contributed by atoms with Crippen LogP contribution in [0.25, 0.3) is 0 Å². The minimum absolute atomic E-state index is 0.251. The first-order valence-corrected chi connectivity index (χ1v) is 8.97. The van der Waals surface area contributed by atoms with E-state index in [0.717, 1.165) is 10.0 Å². The maximum Gasteiger partial charge on any atom is 0.251 e. The Morgan fingerprint density at radius 1 is 1.08 bits per heavy atom. The van der Waals surface area contributed by atoms with Crippen LogP contribution in [0.15, 0.2) is 40.9 Å². The monoisotopic (exact) mass is 427 g/mol. The molecule has 0 atom stereocenters. The predicted molar refractivity (Wildman–Crippen MR) is 94.5 cm³/mol. The molecule has 3 rings (SSSR count). The first-order chi connectivity index (χ1) is 12.4. The van der Waals surface area contributed by atoms with Crippen LogP contribution in [0.3, 0.4) is 0 Å². The molecule has 1 aliphatic rings. The van der Waals surface area contributed by atoms with Gasteiger partial charge in [0.1, 0.15) is 0 Å². The fraction of sp³-hybridized carbons (Fsp3) is 0.316. The lowest BCUT2D eigenvalue weighted by atomic mass is 9.74. The van der Waals surface area contributed by atoms with Gasteiger partial charge in [-0.25, -0.2) is 13.2 Å². The van der Waals surface area contributed by atoms with Crippen molar-refractivity contribution in [2.45, 2.75) is 18.3 Å². The van der Waals surface area contributed by atoms with Gasteiger partial charge in [0.25, 0.3) is 5.91 Å². The van der Waals surface area contributed by atoms with Gasteiger partial charge in [0.15, 0.2) is 17.5 Å². The van der Waals surface area contributed by atoms with Crippen LogP contribution in [0, 0.1) is 17.5 Å². The maximum atomic E-state index is 13.4. The lowest BCUT2D eigenvalue weighted by molar-refractivity contribution is 0.0487. The van der Waals surface area contributed by atoms with Crippen LogP contribution in [-0.2, 0) is 10.2 Å². The molecule has 2 aromatic rings. The highest BCUT2D eigenvalue weighted by Crippen LogP contribution is 2.35. The zero-order chi connectivity index (χ0) is 18.7. The summed E-state index contributed by atoms with van der Waals surface area (Å²) in [6.07, 6.45) is 1.42. The van der Waals surface area contributed by atoms with Gasteiger partial charge >= 0.3 is 0 Å². The van der Waals surface area contributed by atoms with E-state index in [-0.39, 0.29) is 17.5 Å². The third-order valence-corrected chi connectivity index (χ3v) is 5.27. The molecule has 1 aliphatic heterocycles. The Morgan fingerprint density at radius 3 is 2.23 bits per heavy atom. The molecule has 1 saturated heterocycles. The Hall–Kier alpha value is -1.86.